The molecule has 0 aromatic heterocycles. The largest absolute Gasteiger partial charge is 0.399 e. The van der Waals surface area contributed by atoms with Gasteiger partial charge < -0.3 is 11.1 Å². The van der Waals surface area contributed by atoms with Gasteiger partial charge in [0.05, 0.1) is 0 Å². The SMILES string of the molecule is Nc1ccc(F)c(C2CCNCC2)c1. The van der Waals surface area contributed by atoms with Crippen LogP contribution in [0.3, 0.4) is 0 Å². The highest BCUT2D eigenvalue weighted by Crippen LogP contribution is 2.28. The molecule has 1 aliphatic rings. The molecule has 0 saturated carbocycles. The third kappa shape index (κ3) is 1.87. The van der Waals surface area contributed by atoms with Gasteiger partial charge in [0.1, 0.15) is 5.82 Å². The van der Waals surface area contributed by atoms with Crippen LogP contribution in [-0.4, -0.2) is 13.1 Å². The minimum atomic E-state index is -0.119. The van der Waals surface area contributed by atoms with Crippen molar-refractivity contribution in [3.05, 3.63) is 29.6 Å². The first-order chi connectivity index (χ1) is 6.77. The molecule has 2 nitrogen and oxygen atoms in total. The zero-order valence-corrected chi connectivity index (χ0v) is 8.09. The Morgan fingerprint density at radius 3 is 2.71 bits per heavy atom. The zero-order chi connectivity index (χ0) is 9.97. The Balaban J connectivity index is 2.24. The van der Waals surface area contributed by atoms with Crippen LogP contribution in [0.4, 0.5) is 10.1 Å². The zero-order valence-electron chi connectivity index (χ0n) is 8.09. The van der Waals surface area contributed by atoms with Crippen LogP contribution in [0, 0.1) is 5.82 Å². The highest BCUT2D eigenvalue weighted by Gasteiger charge is 2.18. The minimum Gasteiger partial charge on any atom is -0.399 e. The summed E-state index contributed by atoms with van der Waals surface area (Å²) in [5.74, 6) is 0.214. The van der Waals surface area contributed by atoms with Crippen LogP contribution in [0.5, 0.6) is 0 Å². The third-order valence-electron chi connectivity index (χ3n) is 2.80. The average molecular weight is 194 g/mol. The van der Waals surface area contributed by atoms with Gasteiger partial charge in [0.15, 0.2) is 0 Å². The number of hydrogen-bond acceptors (Lipinski definition) is 2. The first-order valence-corrected chi connectivity index (χ1v) is 5.03. The summed E-state index contributed by atoms with van der Waals surface area (Å²) < 4.78 is 13.5. The van der Waals surface area contributed by atoms with Crippen LogP contribution in [0.2, 0.25) is 0 Å². The fourth-order valence-corrected chi connectivity index (χ4v) is 2.01. The second-order valence-electron chi connectivity index (χ2n) is 3.81. The molecule has 0 atom stereocenters. The molecular formula is C11H15FN2. The number of hydrogen-bond donors (Lipinski definition) is 2. The number of piperidine rings is 1. The molecule has 0 spiro atoms. The Kier molecular flexibility index (Phi) is 2.68. The quantitative estimate of drug-likeness (QED) is 0.670. The van der Waals surface area contributed by atoms with E-state index in [1.807, 2.05) is 0 Å². The number of rotatable bonds is 1. The maximum absolute atomic E-state index is 13.5. The summed E-state index contributed by atoms with van der Waals surface area (Å²) in [6.45, 7) is 1.94. The molecule has 76 valence electrons. The van der Waals surface area contributed by atoms with Crippen molar-refractivity contribution in [2.24, 2.45) is 0 Å². The molecule has 14 heavy (non-hydrogen) atoms. The highest BCUT2D eigenvalue weighted by atomic mass is 19.1. The van der Waals surface area contributed by atoms with Crippen molar-refractivity contribution in [2.75, 3.05) is 18.8 Å². The van der Waals surface area contributed by atoms with E-state index in [4.69, 9.17) is 5.73 Å². The predicted molar refractivity (Wildman–Crippen MR) is 55.7 cm³/mol. The summed E-state index contributed by atoms with van der Waals surface area (Å²) in [5.41, 5.74) is 7.09. The molecule has 0 bridgehead atoms. The second-order valence-corrected chi connectivity index (χ2v) is 3.81. The molecule has 3 heteroatoms. The van der Waals surface area contributed by atoms with Crippen LogP contribution < -0.4 is 11.1 Å². The Morgan fingerprint density at radius 1 is 1.29 bits per heavy atom. The lowest BCUT2D eigenvalue weighted by atomic mass is 9.89. The van der Waals surface area contributed by atoms with Gasteiger partial charge in [0.2, 0.25) is 0 Å². The molecule has 0 unspecified atom stereocenters. The van der Waals surface area contributed by atoms with Crippen LogP contribution in [0.15, 0.2) is 18.2 Å². The van der Waals surface area contributed by atoms with Crippen molar-refractivity contribution < 1.29 is 4.39 Å². The van der Waals surface area contributed by atoms with Crippen LogP contribution in [0.1, 0.15) is 24.3 Å². The van der Waals surface area contributed by atoms with E-state index in [0.29, 0.717) is 11.6 Å². The topological polar surface area (TPSA) is 38.0 Å². The van der Waals surface area contributed by atoms with Crippen molar-refractivity contribution >= 4 is 5.69 Å². The summed E-state index contributed by atoms with van der Waals surface area (Å²) in [7, 11) is 0. The molecule has 1 fully saturated rings. The van der Waals surface area contributed by atoms with Crippen molar-refractivity contribution in [3.63, 3.8) is 0 Å². The van der Waals surface area contributed by atoms with Crippen molar-refractivity contribution in [3.8, 4) is 0 Å². The van der Waals surface area contributed by atoms with Gasteiger partial charge in [-0.25, -0.2) is 4.39 Å². The van der Waals surface area contributed by atoms with E-state index in [9.17, 15) is 4.39 Å². The normalized spacial score (nSPS) is 18.4. The smallest absolute Gasteiger partial charge is 0.126 e. The Bertz CT molecular complexity index is 319. The third-order valence-corrected chi connectivity index (χ3v) is 2.80. The monoisotopic (exact) mass is 194 g/mol. The summed E-state index contributed by atoms with van der Waals surface area (Å²) in [6, 6.07) is 4.85. The van der Waals surface area contributed by atoms with Gasteiger partial charge >= 0.3 is 0 Å². The van der Waals surface area contributed by atoms with Crippen molar-refractivity contribution in [2.45, 2.75) is 18.8 Å². The maximum atomic E-state index is 13.5. The lowest BCUT2D eigenvalue weighted by molar-refractivity contribution is 0.445. The van der Waals surface area contributed by atoms with E-state index < -0.39 is 0 Å². The van der Waals surface area contributed by atoms with Crippen LogP contribution in [-0.2, 0) is 0 Å². The Hall–Kier alpha value is -1.09. The molecule has 2 rings (SSSR count). The van der Waals surface area contributed by atoms with E-state index in [-0.39, 0.29) is 5.82 Å². The number of nitrogens with one attached hydrogen (secondary N) is 1. The maximum Gasteiger partial charge on any atom is 0.126 e. The van der Waals surface area contributed by atoms with Crippen LogP contribution >= 0.6 is 0 Å². The van der Waals surface area contributed by atoms with Crippen molar-refractivity contribution in [1.29, 1.82) is 0 Å². The molecule has 1 aromatic carbocycles. The predicted octanol–water partition coefficient (Wildman–Crippen LogP) is 1.87. The number of anilines is 1. The fraction of sp³-hybridized carbons (Fsp3) is 0.455. The standard InChI is InChI=1S/C11H15FN2/c12-11-2-1-9(13)7-10(11)8-3-5-14-6-4-8/h1-2,7-8,14H,3-6,13H2. The molecule has 1 saturated heterocycles. The fourth-order valence-electron chi connectivity index (χ4n) is 2.01. The summed E-state index contributed by atoms with van der Waals surface area (Å²) in [4.78, 5) is 0. The minimum absolute atomic E-state index is 0.119. The Morgan fingerprint density at radius 2 is 2.00 bits per heavy atom. The van der Waals surface area contributed by atoms with E-state index in [1.54, 1.807) is 12.1 Å². The molecule has 1 heterocycles. The van der Waals surface area contributed by atoms with Crippen molar-refractivity contribution in [1.82, 2.24) is 5.32 Å². The number of nitrogen functional groups attached to an aromatic ring is 1. The van der Waals surface area contributed by atoms with E-state index >= 15 is 0 Å². The first kappa shape index (κ1) is 9.46. The van der Waals surface area contributed by atoms with Gasteiger partial charge in [-0.1, -0.05) is 0 Å². The lowest BCUT2D eigenvalue weighted by Crippen LogP contribution is -2.27. The van der Waals surface area contributed by atoms with Gasteiger partial charge in [0.25, 0.3) is 0 Å². The first-order valence-electron chi connectivity index (χ1n) is 5.03. The molecule has 1 aromatic rings. The van der Waals surface area contributed by atoms with Gasteiger partial charge in [-0.3, -0.25) is 0 Å². The molecule has 3 N–H and O–H groups in total. The second kappa shape index (κ2) is 3.96. The van der Waals surface area contributed by atoms with E-state index in [2.05, 4.69) is 5.32 Å². The van der Waals surface area contributed by atoms with E-state index in [0.717, 1.165) is 31.5 Å². The number of nitrogens with two attached hydrogens (primary N) is 1. The molecule has 0 aliphatic carbocycles. The van der Waals surface area contributed by atoms with E-state index in [1.165, 1.54) is 6.07 Å². The summed E-state index contributed by atoms with van der Waals surface area (Å²) in [5, 5.41) is 3.26. The van der Waals surface area contributed by atoms with Gasteiger partial charge in [-0.15, -0.1) is 0 Å². The summed E-state index contributed by atoms with van der Waals surface area (Å²) >= 11 is 0. The van der Waals surface area contributed by atoms with Crippen LogP contribution in [0.25, 0.3) is 0 Å². The van der Waals surface area contributed by atoms with Gasteiger partial charge in [0, 0.05) is 5.69 Å². The average Bonchev–Trinajstić information content (AvgIpc) is 2.23. The molecule has 1 aliphatic heterocycles. The number of halogens is 1. The Labute approximate surface area is 83.3 Å². The number of benzene rings is 1. The summed E-state index contributed by atoms with van der Waals surface area (Å²) in [6.07, 6.45) is 2.00. The van der Waals surface area contributed by atoms with Gasteiger partial charge in [-0.2, -0.15) is 0 Å². The molecule has 0 amide bonds. The lowest BCUT2D eigenvalue weighted by Gasteiger charge is -2.23. The van der Waals surface area contributed by atoms with Gasteiger partial charge in [-0.05, 0) is 55.6 Å². The highest BCUT2D eigenvalue weighted by molar-refractivity contribution is 5.42. The molecular weight excluding hydrogens is 179 g/mol. The molecule has 0 radical (unpaired) electrons.